The average molecular weight is 177 g/mol. The van der Waals surface area contributed by atoms with Crippen LogP contribution in [0.25, 0.3) is 0 Å². The molecule has 1 aliphatic rings. The first-order chi connectivity index (χ1) is 6.25. The van der Waals surface area contributed by atoms with Gasteiger partial charge in [0.2, 0.25) is 0 Å². The van der Waals surface area contributed by atoms with Gasteiger partial charge in [-0.25, -0.2) is 0 Å². The van der Waals surface area contributed by atoms with E-state index in [-0.39, 0.29) is 12.1 Å². The minimum absolute atomic E-state index is 0.152. The Morgan fingerprint density at radius 3 is 2.77 bits per heavy atom. The molecule has 0 aromatic heterocycles. The second kappa shape index (κ2) is 3.38. The van der Waals surface area contributed by atoms with E-state index in [4.69, 9.17) is 0 Å². The predicted octanol–water partition coefficient (Wildman–Crippen LogP) is 1.93. The first-order valence-corrected chi connectivity index (χ1v) is 4.77. The standard InChI is InChI=1S/C11H15NO/c1-8-3-2-4-9(7-8)12-10-5-6-11(10)13/h2-4,7,10-13H,5-6H2,1H3/t10-,11-/m1/s1. The molecular weight excluding hydrogens is 162 g/mol. The van der Waals surface area contributed by atoms with Crippen LogP contribution in [0, 0.1) is 6.92 Å². The van der Waals surface area contributed by atoms with E-state index in [1.807, 2.05) is 12.1 Å². The molecule has 13 heavy (non-hydrogen) atoms. The molecule has 0 heterocycles. The predicted molar refractivity (Wildman–Crippen MR) is 53.8 cm³/mol. The zero-order valence-electron chi connectivity index (χ0n) is 7.83. The fourth-order valence-corrected chi connectivity index (χ4v) is 1.60. The zero-order valence-corrected chi connectivity index (χ0v) is 7.83. The summed E-state index contributed by atoms with van der Waals surface area (Å²) in [5.41, 5.74) is 2.36. The number of hydrogen-bond donors (Lipinski definition) is 2. The summed E-state index contributed by atoms with van der Waals surface area (Å²) in [7, 11) is 0. The smallest absolute Gasteiger partial charge is 0.0741 e. The van der Waals surface area contributed by atoms with Gasteiger partial charge in [-0.15, -0.1) is 0 Å². The van der Waals surface area contributed by atoms with Crippen LogP contribution in [-0.2, 0) is 0 Å². The quantitative estimate of drug-likeness (QED) is 0.723. The number of aryl methyl sites for hydroxylation is 1. The maximum absolute atomic E-state index is 9.38. The van der Waals surface area contributed by atoms with Crippen molar-refractivity contribution in [1.29, 1.82) is 0 Å². The van der Waals surface area contributed by atoms with Crippen LogP contribution in [0.4, 0.5) is 5.69 Å². The van der Waals surface area contributed by atoms with E-state index in [2.05, 4.69) is 24.4 Å². The molecule has 0 amide bonds. The molecule has 2 heteroatoms. The van der Waals surface area contributed by atoms with Crippen molar-refractivity contribution in [3.05, 3.63) is 29.8 Å². The Hall–Kier alpha value is -1.02. The first-order valence-electron chi connectivity index (χ1n) is 4.77. The topological polar surface area (TPSA) is 32.3 Å². The molecule has 0 aliphatic heterocycles. The number of hydrogen-bond acceptors (Lipinski definition) is 2. The van der Waals surface area contributed by atoms with Crippen LogP contribution in [0.1, 0.15) is 18.4 Å². The second-order valence-electron chi connectivity index (χ2n) is 3.77. The van der Waals surface area contributed by atoms with E-state index in [0.717, 1.165) is 18.5 Å². The fourth-order valence-electron chi connectivity index (χ4n) is 1.60. The molecule has 0 spiro atoms. The maximum atomic E-state index is 9.38. The van der Waals surface area contributed by atoms with Gasteiger partial charge in [0.1, 0.15) is 0 Å². The Morgan fingerprint density at radius 1 is 1.38 bits per heavy atom. The van der Waals surface area contributed by atoms with Crippen molar-refractivity contribution < 1.29 is 5.11 Å². The Bertz CT molecular complexity index is 298. The van der Waals surface area contributed by atoms with E-state index in [1.54, 1.807) is 0 Å². The monoisotopic (exact) mass is 177 g/mol. The average Bonchev–Trinajstić information content (AvgIpc) is 2.12. The van der Waals surface area contributed by atoms with Gasteiger partial charge < -0.3 is 10.4 Å². The molecule has 0 unspecified atom stereocenters. The van der Waals surface area contributed by atoms with Crippen LogP contribution >= 0.6 is 0 Å². The van der Waals surface area contributed by atoms with Gasteiger partial charge in [0, 0.05) is 5.69 Å². The maximum Gasteiger partial charge on any atom is 0.0741 e. The largest absolute Gasteiger partial charge is 0.391 e. The Balaban J connectivity index is 2.01. The SMILES string of the molecule is Cc1cccc(N[C@@H]2CC[C@H]2O)c1. The van der Waals surface area contributed by atoms with Crippen molar-refractivity contribution in [2.24, 2.45) is 0 Å². The highest BCUT2D eigenvalue weighted by molar-refractivity contribution is 5.46. The lowest BCUT2D eigenvalue weighted by Crippen LogP contribution is -2.42. The van der Waals surface area contributed by atoms with Crippen LogP contribution in [-0.4, -0.2) is 17.3 Å². The molecular formula is C11H15NO. The molecule has 1 aliphatic carbocycles. The molecule has 1 saturated carbocycles. The van der Waals surface area contributed by atoms with Gasteiger partial charge >= 0.3 is 0 Å². The molecule has 0 bridgehead atoms. The van der Waals surface area contributed by atoms with Gasteiger partial charge in [0.05, 0.1) is 12.1 Å². The molecule has 0 radical (unpaired) electrons. The summed E-state index contributed by atoms with van der Waals surface area (Å²) in [5.74, 6) is 0. The summed E-state index contributed by atoms with van der Waals surface area (Å²) in [6, 6.07) is 8.51. The van der Waals surface area contributed by atoms with Gasteiger partial charge in [0.25, 0.3) is 0 Å². The van der Waals surface area contributed by atoms with Crippen LogP contribution < -0.4 is 5.32 Å². The van der Waals surface area contributed by atoms with E-state index in [9.17, 15) is 5.11 Å². The van der Waals surface area contributed by atoms with E-state index >= 15 is 0 Å². The number of aliphatic hydroxyl groups is 1. The summed E-state index contributed by atoms with van der Waals surface area (Å²) >= 11 is 0. The van der Waals surface area contributed by atoms with Crippen LogP contribution in [0.5, 0.6) is 0 Å². The lowest BCUT2D eigenvalue weighted by Gasteiger charge is -2.33. The van der Waals surface area contributed by atoms with Crippen LogP contribution in [0.2, 0.25) is 0 Å². The third-order valence-corrected chi connectivity index (χ3v) is 2.61. The Labute approximate surface area is 78.6 Å². The van der Waals surface area contributed by atoms with Gasteiger partial charge in [0.15, 0.2) is 0 Å². The molecule has 1 fully saturated rings. The fraction of sp³-hybridized carbons (Fsp3) is 0.455. The molecule has 2 rings (SSSR count). The Morgan fingerprint density at radius 2 is 2.23 bits per heavy atom. The van der Waals surface area contributed by atoms with E-state index < -0.39 is 0 Å². The normalized spacial score (nSPS) is 26.6. The minimum Gasteiger partial charge on any atom is -0.391 e. The van der Waals surface area contributed by atoms with E-state index in [0.29, 0.717) is 0 Å². The molecule has 1 aromatic rings. The molecule has 70 valence electrons. The summed E-state index contributed by atoms with van der Waals surface area (Å²) < 4.78 is 0. The van der Waals surface area contributed by atoms with E-state index in [1.165, 1.54) is 5.56 Å². The number of benzene rings is 1. The van der Waals surface area contributed by atoms with Gasteiger partial charge in [-0.2, -0.15) is 0 Å². The van der Waals surface area contributed by atoms with Crippen LogP contribution in [0.3, 0.4) is 0 Å². The number of aliphatic hydroxyl groups excluding tert-OH is 1. The minimum atomic E-state index is -0.152. The molecule has 1 aromatic carbocycles. The third-order valence-electron chi connectivity index (χ3n) is 2.61. The summed E-state index contributed by atoms with van der Waals surface area (Å²) in [6.45, 7) is 2.07. The third kappa shape index (κ3) is 1.83. The Kier molecular flexibility index (Phi) is 2.23. The zero-order chi connectivity index (χ0) is 9.26. The highest BCUT2D eigenvalue weighted by Gasteiger charge is 2.28. The summed E-state index contributed by atoms with van der Waals surface area (Å²) in [5, 5.41) is 12.7. The van der Waals surface area contributed by atoms with Crippen molar-refractivity contribution in [2.45, 2.75) is 31.9 Å². The number of nitrogens with one attached hydrogen (secondary N) is 1. The van der Waals surface area contributed by atoms with Crippen molar-refractivity contribution >= 4 is 5.69 Å². The summed E-state index contributed by atoms with van der Waals surface area (Å²) in [4.78, 5) is 0. The lowest BCUT2D eigenvalue weighted by atomic mass is 9.89. The van der Waals surface area contributed by atoms with Crippen molar-refractivity contribution in [2.75, 3.05) is 5.32 Å². The number of rotatable bonds is 2. The highest BCUT2D eigenvalue weighted by atomic mass is 16.3. The van der Waals surface area contributed by atoms with Gasteiger partial charge in [-0.1, -0.05) is 12.1 Å². The molecule has 2 nitrogen and oxygen atoms in total. The lowest BCUT2D eigenvalue weighted by molar-refractivity contribution is 0.0786. The first kappa shape index (κ1) is 8.57. The highest BCUT2D eigenvalue weighted by Crippen LogP contribution is 2.24. The van der Waals surface area contributed by atoms with Crippen LogP contribution in [0.15, 0.2) is 24.3 Å². The molecule has 0 saturated heterocycles. The van der Waals surface area contributed by atoms with Gasteiger partial charge in [-0.05, 0) is 37.5 Å². The van der Waals surface area contributed by atoms with Crippen molar-refractivity contribution in [1.82, 2.24) is 0 Å². The molecule has 2 N–H and O–H groups in total. The second-order valence-corrected chi connectivity index (χ2v) is 3.77. The van der Waals surface area contributed by atoms with Crippen molar-refractivity contribution in [3.8, 4) is 0 Å². The van der Waals surface area contributed by atoms with Crippen molar-refractivity contribution in [3.63, 3.8) is 0 Å². The van der Waals surface area contributed by atoms with Gasteiger partial charge in [-0.3, -0.25) is 0 Å². The molecule has 2 atom stereocenters. The summed E-state index contributed by atoms with van der Waals surface area (Å²) in [6.07, 6.45) is 1.86. The number of anilines is 1.